The van der Waals surface area contributed by atoms with Gasteiger partial charge in [0.2, 0.25) is 0 Å². The Balaban J connectivity index is 1.83. The number of methoxy groups -OCH3 is 2. The fraction of sp³-hybridized carbons (Fsp3) is 0.529. The van der Waals surface area contributed by atoms with Gasteiger partial charge in [-0.1, -0.05) is 36.0 Å². The predicted octanol–water partition coefficient (Wildman–Crippen LogP) is 3.16. The molecule has 0 saturated heterocycles. The van der Waals surface area contributed by atoms with Crippen molar-refractivity contribution in [1.82, 2.24) is 5.32 Å². The van der Waals surface area contributed by atoms with Crippen LogP contribution in [0.5, 0.6) is 11.5 Å². The normalized spacial score (nSPS) is 15.3. The van der Waals surface area contributed by atoms with Crippen LogP contribution in [0.15, 0.2) is 17.3 Å². The molecular weight excluding hydrogens is 332 g/mol. The van der Waals surface area contributed by atoms with Crippen LogP contribution in [0.25, 0.3) is 0 Å². The van der Waals surface area contributed by atoms with E-state index in [1.165, 1.54) is 39.7 Å². The SMILES string of the molecule is COc1cc(/C=N/OCC(=O)NC2CCCCC2)cc(Cl)c1OC. The summed E-state index contributed by atoms with van der Waals surface area (Å²) in [6.07, 6.45) is 7.15. The van der Waals surface area contributed by atoms with Crippen molar-refractivity contribution in [2.24, 2.45) is 5.16 Å². The minimum absolute atomic E-state index is 0.103. The van der Waals surface area contributed by atoms with Gasteiger partial charge in [0.15, 0.2) is 18.1 Å². The number of nitrogens with zero attached hydrogens (tertiary/aromatic N) is 1. The number of benzene rings is 1. The van der Waals surface area contributed by atoms with E-state index in [-0.39, 0.29) is 18.6 Å². The van der Waals surface area contributed by atoms with Crippen molar-refractivity contribution in [1.29, 1.82) is 0 Å². The molecule has 6 nitrogen and oxygen atoms in total. The second-order valence-electron chi connectivity index (χ2n) is 5.65. The summed E-state index contributed by atoms with van der Waals surface area (Å²) in [5, 5.41) is 7.18. The van der Waals surface area contributed by atoms with Crippen molar-refractivity contribution in [3.05, 3.63) is 22.7 Å². The number of halogens is 1. The van der Waals surface area contributed by atoms with Crippen molar-refractivity contribution in [3.8, 4) is 11.5 Å². The Morgan fingerprint density at radius 3 is 2.71 bits per heavy atom. The molecule has 1 saturated carbocycles. The van der Waals surface area contributed by atoms with E-state index >= 15 is 0 Å². The highest BCUT2D eigenvalue weighted by atomic mass is 35.5. The molecule has 132 valence electrons. The van der Waals surface area contributed by atoms with Crippen molar-refractivity contribution >= 4 is 23.7 Å². The number of hydrogen-bond acceptors (Lipinski definition) is 5. The molecule has 24 heavy (non-hydrogen) atoms. The highest BCUT2D eigenvalue weighted by Crippen LogP contribution is 2.35. The van der Waals surface area contributed by atoms with Crippen LogP contribution in [0.4, 0.5) is 0 Å². The van der Waals surface area contributed by atoms with Crippen LogP contribution in [0.3, 0.4) is 0 Å². The van der Waals surface area contributed by atoms with Crippen molar-refractivity contribution in [2.75, 3.05) is 20.8 Å². The molecule has 7 heteroatoms. The average Bonchev–Trinajstić information content (AvgIpc) is 2.59. The summed E-state index contributed by atoms with van der Waals surface area (Å²) < 4.78 is 10.4. The van der Waals surface area contributed by atoms with Gasteiger partial charge < -0.3 is 19.6 Å². The second-order valence-corrected chi connectivity index (χ2v) is 6.06. The second kappa shape index (κ2) is 9.37. The zero-order valence-electron chi connectivity index (χ0n) is 14.0. The lowest BCUT2D eigenvalue weighted by Crippen LogP contribution is -2.38. The molecule has 1 N–H and O–H groups in total. The summed E-state index contributed by atoms with van der Waals surface area (Å²) in [7, 11) is 3.05. The van der Waals surface area contributed by atoms with Crippen LogP contribution >= 0.6 is 11.6 Å². The molecule has 0 aliphatic heterocycles. The molecule has 2 rings (SSSR count). The number of ether oxygens (including phenoxy) is 2. The first-order chi connectivity index (χ1) is 11.6. The summed E-state index contributed by atoms with van der Waals surface area (Å²) in [6.45, 7) is -0.103. The lowest BCUT2D eigenvalue weighted by molar-refractivity contribution is -0.126. The highest BCUT2D eigenvalue weighted by Gasteiger charge is 2.15. The average molecular weight is 355 g/mol. The standard InChI is InChI=1S/C17H23ClN2O4/c1-22-15-9-12(8-14(18)17(15)23-2)10-19-24-11-16(21)20-13-6-4-3-5-7-13/h8-10,13H,3-7,11H2,1-2H3,(H,20,21)/b19-10+. The number of nitrogens with one attached hydrogen (secondary N) is 1. The first kappa shape index (κ1) is 18.4. The molecule has 1 fully saturated rings. The largest absolute Gasteiger partial charge is 0.493 e. The zero-order chi connectivity index (χ0) is 17.4. The number of rotatable bonds is 7. The zero-order valence-corrected chi connectivity index (χ0v) is 14.8. The number of hydrogen-bond donors (Lipinski definition) is 1. The lowest BCUT2D eigenvalue weighted by Gasteiger charge is -2.22. The van der Waals surface area contributed by atoms with Gasteiger partial charge in [0.1, 0.15) is 0 Å². The van der Waals surface area contributed by atoms with E-state index in [2.05, 4.69) is 10.5 Å². The fourth-order valence-electron chi connectivity index (χ4n) is 2.72. The Morgan fingerprint density at radius 2 is 2.04 bits per heavy atom. The monoisotopic (exact) mass is 354 g/mol. The molecule has 0 spiro atoms. The van der Waals surface area contributed by atoms with Crippen LogP contribution < -0.4 is 14.8 Å². The maximum absolute atomic E-state index is 11.8. The van der Waals surface area contributed by atoms with Gasteiger partial charge in [-0.2, -0.15) is 0 Å². The molecule has 0 atom stereocenters. The number of carbonyl (C=O) groups is 1. The maximum Gasteiger partial charge on any atom is 0.260 e. The van der Waals surface area contributed by atoms with Crippen LogP contribution in [-0.4, -0.2) is 39.0 Å². The molecule has 1 aromatic carbocycles. The summed E-state index contributed by atoms with van der Waals surface area (Å²) in [6, 6.07) is 3.67. The molecule has 0 heterocycles. The van der Waals surface area contributed by atoms with Gasteiger partial charge in [0.25, 0.3) is 5.91 Å². The number of amides is 1. The first-order valence-corrected chi connectivity index (χ1v) is 8.38. The molecular formula is C17H23ClN2O4. The van der Waals surface area contributed by atoms with Crippen LogP contribution in [0, 0.1) is 0 Å². The first-order valence-electron chi connectivity index (χ1n) is 8.00. The van der Waals surface area contributed by atoms with Gasteiger partial charge in [-0.25, -0.2) is 0 Å². The fourth-order valence-corrected chi connectivity index (χ4v) is 3.02. The molecule has 0 bridgehead atoms. The Hall–Kier alpha value is -1.95. The van der Waals surface area contributed by atoms with E-state index in [1.807, 2.05) is 0 Å². The van der Waals surface area contributed by atoms with Gasteiger partial charge in [0, 0.05) is 11.6 Å². The van der Waals surface area contributed by atoms with E-state index < -0.39 is 0 Å². The van der Waals surface area contributed by atoms with E-state index in [9.17, 15) is 4.79 Å². The Kier molecular flexibility index (Phi) is 7.18. The Morgan fingerprint density at radius 1 is 1.29 bits per heavy atom. The molecule has 1 aliphatic rings. The third-order valence-corrected chi connectivity index (χ3v) is 4.18. The molecule has 1 aromatic rings. The van der Waals surface area contributed by atoms with Gasteiger partial charge in [0.05, 0.1) is 25.5 Å². The topological polar surface area (TPSA) is 69.2 Å². The van der Waals surface area contributed by atoms with Crippen molar-refractivity contribution in [3.63, 3.8) is 0 Å². The number of carbonyl (C=O) groups excluding carboxylic acids is 1. The molecule has 1 amide bonds. The summed E-state index contributed by atoms with van der Waals surface area (Å²) in [5.41, 5.74) is 0.685. The van der Waals surface area contributed by atoms with Gasteiger partial charge in [-0.15, -0.1) is 0 Å². The highest BCUT2D eigenvalue weighted by molar-refractivity contribution is 6.32. The molecule has 0 radical (unpaired) electrons. The van der Waals surface area contributed by atoms with E-state index in [4.69, 9.17) is 25.9 Å². The van der Waals surface area contributed by atoms with Gasteiger partial charge >= 0.3 is 0 Å². The van der Waals surface area contributed by atoms with E-state index in [0.717, 1.165) is 12.8 Å². The van der Waals surface area contributed by atoms with Crippen LogP contribution in [0.2, 0.25) is 5.02 Å². The Bertz CT molecular complexity index is 586. The minimum atomic E-state index is -0.149. The summed E-state index contributed by atoms with van der Waals surface area (Å²) >= 11 is 6.11. The lowest BCUT2D eigenvalue weighted by atomic mass is 9.95. The quantitative estimate of drug-likeness (QED) is 0.603. The molecule has 0 unspecified atom stereocenters. The maximum atomic E-state index is 11.8. The summed E-state index contributed by atoms with van der Waals surface area (Å²) in [4.78, 5) is 16.8. The molecule has 0 aromatic heterocycles. The van der Waals surface area contributed by atoms with Crippen molar-refractivity contribution in [2.45, 2.75) is 38.1 Å². The van der Waals surface area contributed by atoms with Crippen LogP contribution in [-0.2, 0) is 9.63 Å². The van der Waals surface area contributed by atoms with Crippen molar-refractivity contribution < 1.29 is 19.1 Å². The minimum Gasteiger partial charge on any atom is -0.493 e. The third kappa shape index (κ3) is 5.30. The summed E-state index contributed by atoms with van der Waals surface area (Å²) in [5.74, 6) is 0.815. The van der Waals surface area contributed by atoms with Crippen LogP contribution in [0.1, 0.15) is 37.7 Å². The smallest absolute Gasteiger partial charge is 0.260 e. The Labute approximate surface area is 147 Å². The van der Waals surface area contributed by atoms with E-state index in [0.29, 0.717) is 22.1 Å². The van der Waals surface area contributed by atoms with Gasteiger partial charge in [-0.3, -0.25) is 4.79 Å². The van der Waals surface area contributed by atoms with Gasteiger partial charge in [-0.05, 0) is 25.0 Å². The predicted molar refractivity (Wildman–Crippen MR) is 93.1 cm³/mol. The third-order valence-electron chi connectivity index (χ3n) is 3.90. The van der Waals surface area contributed by atoms with E-state index in [1.54, 1.807) is 12.1 Å². The molecule has 1 aliphatic carbocycles. The number of oxime groups is 1.